The van der Waals surface area contributed by atoms with Gasteiger partial charge in [0.15, 0.2) is 0 Å². The standard InChI is InChI=1S/C29H27N5O2/c1-21-10-9-15-25-27(21)30-20-33(29(25)36)17-16-26(35)32(2)18-23-19-34(24-13-7-4-8-14-24)31-28(23)22-11-5-3-6-12-22/h3-15,19-20H,16-18H2,1-2H3. The summed E-state index contributed by atoms with van der Waals surface area (Å²) in [4.78, 5) is 32.0. The summed E-state index contributed by atoms with van der Waals surface area (Å²) in [6.07, 6.45) is 3.70. The first-order valence-corrected chi connectivity index (χ1v) is 11.9. The molecule has 0 saturated heterocycles. The van der Waals surface area contributed by atoms with Crippen LogP contribution in [0.2, 0.25) is 0 Å². The molecule has 2 aromatic heterocycles. The highest BCUT2D eigenvalue weighted by molar-refractivity contribution is 5.80. The fourth-order valence-corrected chi connectivity index (χ4v) is 4.32. The third kappa shape index (κ3) is 4.68. The van der Waals surface area contributed by atoms with Gasteiger partial charge in [-0.05, 0) is 30.7 Å². The summed E-state index contributed by atoms with van der Waals surface area (Å²) < 4.78 is 3.36. The number of para-hydroxylation sites is 2. The van der Waals surface area contributed by atoms with E-state index in [1.54, 1.807) is 18.0 Å². The van der Waals surface area contributed by atoms with Crippen LogP contribution in [0.15, 0.2) is 96.2 Å². The highest BCUT2D eigenvalue weighted by atomic mass is 16.2. The Morgan fingerprint density at radius 1 is 0.944 bits per heavy atom. The van der Waals surface area contributed by atoms with E-state index in [4.69, 9.17) is 5.10 Å². The molecule has 0 aliphatic carbocycles. The Kier molecular flexibility index (Phi) is 6.45. The van der Waals surface area contributed by atoms with Crippen LogP contribution in [0.1, 0.15) is 17.5 Å². The van der Waals surface area contributed by atoms with Crippen molar-refractivity contribution in [2.45, 2.75) is 26.4 Å². The average Bonchev–Trinajstić information content (AvgIpc) is 3.33. The van der Waals surface area contributed by atoms with Crippen LogP contribution in [0.5, 0.6) is 0 Å². The van der Waals surface area contributed by atoms with Crippen molar-refractivity contribution in [2.75, 3.05) is 7.05 Å². The van der Waals surface area contributed by atoms with Crippen LogP contribution in [0.4, 0.5) is 0 Å². The van der Waals surface area contributed by atoms with E-state index >= 15 is 0 Å². The quantitative estimate of drug-likeness (QED) is 0.343. The van der Waals surface area contributed by atoms with Gasteiger partial charge in [-0.25, -0.2) is 9.67 Å². The van der Waals surface area contributed by atoms with Crippen molar-refractivity contribution in [1.29, 1.82) is 0 Å². The van der Waals surface area contributed by atoms with Gasteiger partial charge >= 0.3 is 0 Å². The van der Waals surface area contributed by atoms with Gasteiger partial charge in [0.2, 0.25) is 5.91 Å². The number of nitrogens with zero attached hydrogens (tertiary/aromatic N) is 5. The third-order valence-corrected chi connectivity index (χ3v) is 6.31. The molecule has 0 unspecified atom stereocenters. The third-order valence-electron chi connectivity index (χ3n) is 6.31. The number of amides is 1. The largest absolute Gasteiger partial charge is 0.341 e. The molecular formula is C29H27N5O2. The van der Waals surface area contributed by atoms with Gasteiger partial charge in [0.1, 0.15) is 0 Å². The van der Waals surface area contributed by atoms with Crippen LogP contribution in [-0.4, -0.2) is 37.2 Å². The SMILES string of the molecule is Cc1cccc2c(=O)n(CCC(=O)N(C)Cc3cn(-c4ccccc4)nc3-c3ccccc3)cnc12. The molecule has 5 aromatic rings. The highest BCUT2D eigenvalue weighted by Crippen LogP contribution is 2.25. The van der Waals surface area contributed by atoms with Crippen LogP contribution >= 0.6 is 0 Å². The van der Waals surface area contributed by atoms with Crippen LogP contribution in [-0.2, 0) is 17.9 Å². The number of hydrogen-bond acceptors (Lipinski definition) is 4. The number of aromatic nitrogens is 4. The number of aryl methyl sites for hydroxylation is 2. The van der Waals surface area contributed by atoms with E-state index in [1.807, 2.05) is 90.6 Å². The zero-order chi connectivity index (χ0) is 25.1. The highest BCUT2D eigenvalue weighted by Gasteiger charge is 2.17. The molecule has 0 aliphatic rings. The molecule has 36 heavy (non-hydrogen) atoms. The summed E-state index contributed by atoms with van der Waals surface area (Å²) in [5.41, 5.74) is 5.25. The lowest BCUT2D eigenvalue weighted by Gasteiger charge is -2.17. The zero-order valence-electron chi connectivity index (χ0n) is 20.3. The molecule has 0 saturated carbocycles. The van der Waals surface area contributed by atoms with E-state index < -0.39 is 0 Å². The second-order valence-corrected chi connectivity index (χ2v) is 8.86. The molecule has 0 atom stereocenters. The fourth-order valence-electron chi connectivity index (χ4n) is 4.32. The number of carbonyl (C=O) groups excluding carboxylic acids is 1. The van der Waals surface area contributed by atoms with Crippen molar-refractivity contribution in [3.8, 4) is 16.9 Å². The van der Waals surface area contributed by atoms with Crippen molar-refractivity contribution in [3.63, 3.8) is 0 Å². The van der Waals surface area contributed by atoms with Gasteiger partial charge in [-0.2, -0.15) is 5.10 Å². The molecule has 2 heterocycles. The molecule has 7 nitrogen and oxygen atoms in total. The van der Waals surface area contributed by atoms with Gasteiger partial charge in [0, 0.05) is 43.9 Å². The normalized spacial score (nSPS) is 11.1. The predicted molar refractivity (Wildman–Crippen MR) is 141 cm³/mol. The van der Waals surface area contributed by atoms with E-state index in [2.05, 4.69) is 4.98 Å². The molecule has 0 bridgehead atoms. The molecule has 1 amide bonds. The Labute approximate surface area is 209 Å². The Morgan fingerprint density at radius 3 is 2.42 bits per heavy atom. The average molecular weight is 478 g/mol. The summed E-state index contributed by atoms with van der Waals surface area (Å²) in [7, 11) is 1.78. The maximum absolute atomic E-state index is 13.0. The van der Waals surface area contributed by atoms with Gasteiger partial charge in [0.25, 0.3) is 5.56 Å². The molecule has 7 heteroatoms. The number of fused-ring (bicyclic) bond motifs is 1. The van der Waals surface area contributed by atoms with E-state index in [0.29, 0.717) is 17.4 Å². The van der Waals surface area contributed by atoms with Crippen LogP contribution in [0.25, 0.3) is 27.8 Å². The zero-order valence-corrected chi connectivity index (χ0v) is 20.3. The predicted octanol–water partition coefficient (Wildman–Crippen LogP) is 4.61. The van der Waals surface area contributed by atoms with Crippen molar-refractivity contribution < 1.29 is 4.79 Å². The van der Waals surface area contributed by atoms with E-state index in [-0.39, 0.29) is 24.4 Å². The minimum atomic E-state index is -0.130. The number of hydrogen-bond donors (Lipinski definition) is 0. The molecule has 3 aromatic carbocycles. The molecule has 0 radical (unpaired) electrons. The molecule has 0 aliphatic heterocycles. The summed E-state index contributed by atoms with van der Waals surface area (Å²) in [5.74, 6) is -0.0577. The van der Waals surface area contributed by atoms with Gasteiger partial charge in [-0.3, -0.25) is 14.2 Å². The molecule has 0 N–H and O–H groups in total. The van der Waals surface area contributed by atoms with Crippen molar-refractivity contribution in [3.05, 3.63) is 113 Å². The van der Waals surface area contributed by atoms with E-state index in [0.717, 1.165) is 28.1 Å². The minimum absolute atomic E-state index is 0.0577. The molecular weight excluding hydrogens is 450 g/mol. The topological polar surface area (TPSA) is 73.0 Å². The lowest BCUT2D eigenvalue weighted by atomic mass is 10.1. The number of carbonyl (C=O) groups is 1. The number of rotatable bonds is 7. The minimum Gasteiger partial charge on any atom is -0.341 e. The molecule has 0 spiro atoms. The Morgan fingerprint density at radius 2 is 1.67 bits per heavy atom. The first-order valence-electron chi connectivity index (χ1n) is 11.9. The fraction of sp³-hybridized carbons (Fsp3) is 0.172. The summed E-state index contributed by atoms with van der Waals surface area (Å²) in [5, 5.41) is 5.40. The van der Waals surface area contributed by atoms with Crippen LogP contribution in [0, 0.1) is 6.92 Å². The monoisotopic (exact) mass is 477 g/mol. The van der Waals surface area contributed by atoms with E-state index in [1.165, 1.54) is 10.9 Å². The first kappa shape index (κ1) is 23.2. The summed E-state index contributed by atoms with van der Waals surface area (Å²) >= 11 is 0. The smallest absolute Gasteiger partial charge is 0.261 e. The molecule has 5 rings (SSSR count). The van der Waals surface area contributed by atoms with Crippen molar-refractivity contribution in [1.82, 2.24) is 24.2 Å². The van der Waals surface area contributed by atoms with Crippen molar-refractivity contribution in [2.24, 2.45) is 0 Å². The Hall–Kier alpha value is -4.52. The van der Waals surface area contributed by atoms with Gasteiger partial charge in [-0.15, -0.1) is 0 Å². The maximum atomic E-state index is 13.0. The Bertz CT molecular complexity index is 1570. The lowest BCUT2D eigenvalue weighted by molar-refractivity contribution is -0.130. The lowest BCUT2D eigenvalue weighted by Crippen LogP contribution is -2.29. The van der Waals surface area contributed by atoms with Gasteiger partial charge < -0.3 is 4.90 Å². The maximum Gasteiger partial charge on any atom is 0.261 e. The second kappa shape index (κ2) is 10.00. The van der Waals surface area contributed by atoms with Crippen LogP contribution in [0.3, 0.4) is 0 Å². The summed E-state index contributed by atoms with van der Waals surface area (Å²) in [6.45, 7) is 2.61. The summed E-state index contributed by atoms with van der Waals surface area (Å²) in [6, 6.07) is 25.4. The van der Waals surface area contributed by atoms with Gasteiger partial charge in [-0.1, -0.05) is 60.7 Å². The van der Waals surface area contributed by atoms with Gasteiger partial charge in [0.05, 0.1) is 28.6 Å². The van der Waals surface area contributed by atoms with Crippen molar-refractivity contribution >= 4 is 16.8 Å². The van der Waals surface area contributed by atoms with Crippen LogP contribution < -0.4 is 5.56 Å². The Balaban J connectivity index is 1.35. The molecule has 0 fully saturated rings. The number of benzene rings is 3. The first-order chi connectivity index (χ1) is 17.5. The second-order valence-electron chi connectivity index (χ2n) is 8.86. The van der Waals surface area contributed by atoms with E-state index in [9.17, 15) is 9.59 Å². The molecule has 180 valence electrons.